The van der Waals surface area contributed by atoms with Gasteiger partial charge in [-0.15, -0.1) is 0 Å². The maximum Gasteiger partial charge on any atom is 0.239 e. The molecule has 4 N–H and O–H groups in total. The van der Waals surface area contributed by atoms with Gasteiger partial charge in [-0.2, -0.15) is 4.98 Å². The number of anilines is 2. The molecule has 3 rings (SSSR count). The highest BCUT2D eigenvalue weighted by Crippen LogP contribution is 2.25. The van der Waals surface area contributed by atoms with Crippen LogP contribution in [0.4, 0.5) is 11.8 Å². The molecule has 1 saturated heterocycles. The summed E-state index contributed by atoms with van der Waals surface area (Å²) in [5.74, 6) is 6.62. The number of fused-ring (bicyclic) bond motifs is 1. The van der Waals surface area contributed by atoms with E-state index in [-0.39, 0.29) is 12.1 Å². The number of nitrogens with two attached hydrogens (primary N) is 1. The Labute approximate surface area is 111 Å². The number of para-hydroxylation sites is 1. The van der Waals surface area contributed by atoms with Gasteiger partial charge in [0, 0.05) is 12.0 Å². The minimum atomic E-state index is 0.183. The van der Waals surface area contributed by atoms with E-state index in [1.165, 1.54) is 0 Å². The standard InChI is InChI=1S/C13H17N5O/c1-8-10(6-7-19-8)15-12-9-4-2-3-5-11(9)16-13(17-12)18-14/h2-5,8,10H,6-7,14H2,1H3,(H2,15,16,17,18). The van der Waals surface area contributed by atoms with E-state index in [4.69, 9.17) is 10.6 Å². The van der Waals surface area contributed by atoms with Crippen LogP contribution in [-0.4, -0.2) is 28.7 Å². The van der Waals surface area contributed by atoms with E-state index in [1.54, 1.807) is 0 Å². The zero-order valence-corrected chi connectivity index (χ0v) is 10.8. The summed E-state index contributed by atoms with van der Waals surface area (Å²) in [5.41, 5.74) is 3.36. The van der Waals surface area contributed by atoms with Gasteiger partial charge in [0.15, 0.2) is 0 Å². The van der Waals surface area contributed by atoms with Crippen molar-refractivity contribution in [2.45, 2.75) is 25.5 Å². The first kappa shape index (κ1) is 12.1. The molecule has 2 unspecified atom stereocenters. The van der Waals surface area contributed by atoms with Crippen LogP contribution in [0.25, 0.3) is 10.9 Å². The van der Waals surface area contributed by atoms with Gasteiger partial charge in [0.25, 0.3) is 0 Å². The topological polar surface area (TPSA) is 85.1 Å². The van der Waals surface area contributed by atoms with Crippen LogP contribution in [0.5, 0.6) is 0 Å². The van der Waals surface area contributed by atoms with Crippen molar-refractivity contribution in [3.05, 3.63) is 24.3 Å². The van der Waals surface area contributed by atoms with Crippen LogP contribution >= 0.6 is 0 Å². The van der Waals surface area contributed by atoms with E-state index >= 15 is 0 Å². The summed E-state index contributed by atoms with van der Waals surface area (Å²) < 4.78 is 5.56. The highest BCUT2D eigenvalue weighted by molar-refractivity contribution is 5.90. The summed E-state index contributed by atoms with van der Waals surface area (Å²) in [6.45, 7) is 2.85. The molecular formula is C13H17N5O. The smallest absolute Gasteiger partial charge is 0.239 e. The Balaban J connectivity index is 2.00. The van der Waals surface area contributed by atoms with Crippen molar-refractivity contribution in [1.29, 1.82) is 0 Å². The van der Waals surface area contributed by atoms with Gasteiger partial charge in [0.2, 0.25) is 5.95 Å². The highest BCUT2D eigenvalue weighted by Gasteiger charge is 2.25. The molecule has 1 fully saturated rings. The van der Waals surface area contributed by atoms with Crippen LogP contribution in [0.15, 0.2) is 24.3 Å². The predicted octanol–water partition coefficient (Wildman–Crippen LogP) is 1.50. The van der Waals surface area contributed by atoms with Crippen molar-refractivity contribution in [2.24, 2.45) is 5.84 Å². The highest BCUT2D eigenvalue weighted by atomic mass is 16.5. The molecule has 2 aromatic rings. The average Bonchev–Trinajstić information content (AvgIpc) is 2.84. The summed E-state index contributed by atoms with van der Waals surface area (Å²) in [6, 6.07) is 8.13. The Morgan fingerprint density at radius 1 is 1.32 bits per heavy atom. The molecule has 19 heavy (non-hydrogen) atoms. The Kier molecular flexibility index (Phi) is 3.18. The first-order valence-corrected chi connectivity index (χ1v) is 6.39. The number of rotatable bonds is 3. The van der Waals surface area contributed by atoms with E-state index < -0.39 is 0 Å². The molecule has 0 spiro atoms. The van der Waals surface area contributed by atoms with Gasteiger partial charge in [-0.05, 0) is 25.5 Å². The van der Waals surface area contributed by atoms with Crippen molar-refractivity contribution in [3.8, 4) is 0 Å². The second kappa shape index (κ2) is 4.99. The molecule has 6 heteroatoms. The molecule has 0 saturated carbocycles. The molecule has 1 aliphatic heterocycles. The summed E-state index contributed by atoms with van der Waals surface area (Å²) >= 11 is 0. The second-order valence-corrected chi connectivity index (χ2v) is 4.67. The van der Waals surface area contributed by atoms with Gasteiger partial charge < -0.3 is 10.1 Å². The number of ether oxygens (including phenoxy) is 1. The number of hydrogen-bond donors (Lipinski definition) is 3. The van der Waals surface area contributed by atoms with Crippen LogP contribution in [0.1, 0.15) is 13.3 Å². The quantitative estimate of drug-likeness (QED) is 0.572. The van der Waals surface area contributed by atoms with Crippen molar-refractivity contribution in [1.82, 2.24) is 9.97 Å². The van der Waals surface area contributed by atoms with Crippen LogP contribution < -0.4 is 16.6 Å². The molecule has 0 aliphatic carbocycles. The largest absolute Gasteiger partial charge is 0.376 e. The summed E-state index contributed by atoms with van der Waals surface area (Å²) in [6.07, 6.45) is 1.16. The number of hydrogen-bond acceptors (Lipinski definition) is 6. The van der Waals surface area contributed by atoms with Crippen LogP contribution in [0.3, 0.4) is 0 Å². The van der Waals surface area contributed by atoms with E-state index in [1.807, 2.05) is 24.3 Å². The van der Waals surface area contributed by atoms with Gasteiger partial charge in [-0.3, -0.25) is 5.43 Å². The molecule has 0 amide bonds. The number of benzene rings is 1. The van der Waals surface area contributed by atoms with E-state index in [0.717, 1.165) is 29.7 Å². The number of nitrogens with zero attached hydrogens (tertiary/aromatic N) is 2. The normalized spacial score (nSPS) is 22.6. The third-order valence-electron chi connectivity index (χ3n) is 3.43. The molecular weight excluding hydrogens is 242 g/mol. The number of nitrogen functional groups attached to an aromatic ring is 1. The third kappa shape index (κ3) is 2.32. The van der Waals surface area contributed by atoms with Gasteiger partial charge in [-0.1, -0.05) is 12.1 Å². The fourth-order valence-corrected chi connectivity index (χ4v) is 2.35. The third-order valence-corrected chi connectivity index (χ3v) is 3.43. The lowest BCUT2D eigenvalue weighted by Gasteiger charge is -2.18. The number of hydrazine groups is 1. The molecule has 6 nitrogen and oxygen atoms in total. The Bertz CT molecular complexity index is 588. The van der Waals surface area contributed by atoms with Crippen molar-refractivity contribution < 1.29 is 4.74 Å². The molecule has 1 aromatic carbocycles. The van der Waals surface area contributed by atoms with E-state index in [0.29, 0.717) is 5.95 Å². The lowest BCUT2D eigenvalue weighted by Crippen LogP contribution is -2.27. The Morgan fingerprint density at radius 3 is 2.89 bits per heavy atom. The fraction of sp³-hybridized carbons (Fsp3) is 0.385. The molecule has 1 aliphatic rings. The minimum Gasteiger partial charge on any atom is -0.376 e. The molecule has 2 atom stereocenters. The first-order valence-electron chi connectivity index (χ1n) is 6.39. The second-order valence-electron chi connectivity index (χ2n) is 4.67. The number of aromatic nitrogens is 2. The van der Waals surface area contributed by atoms with Gasteiger partial charge >= 0.3 is 0 Å². The molecule has 0 radical (unpaired) electrons. The zero-order valence-electron chi connectivity index (χ0n) is 10.8. The monoisotopic (exact) mass is 259 g/mol. The van der Waals surface area contributed by atoms with Crippen LogP contribution in [-0.2, 0) is 4.74 Å². The molecule has 2 heterocycles. The maximum atomic E-state index is 5.56. The van der Waals surface area contributed by atoms with Crippen molar-refractivity contribution in [2.75, 3.05) is 17.3 Å². The molecule has 0 bridgehead atoms. The molecule has 100 valence electrons. The Hall–Kier alpha value is -1.92. The summed E-state index contributed by atoms with van der Waals surface area (Å²) in [4.78, 5) is 8.73. The van der Waals surface area contributed by atoms with Gasteiger partial charge in [0.05, 0.1) is 17.7 Å². The van der Waals surface area contributed by atoms with Crippen LogP contribution in [0.2, 0.25) is 0 Å². The maximum absolute atomic E-state index is 5.56. The van der Waals surface area contributed by atoms with E-state index in [2.05, 4.69) is 27.6 Å². The van der Waals surface area contributed by atoms with Gasteiger partial charge in [0.1, 0.15) is 5.82 Å². The van der Waals surface area contributed by atoms with Crippen molar-refractivity contribution >= 4 is 22.7 Å². The number of nitrogens with one attached hydrogen (secondary N) is 2. The molecule has 1 aromatic heterocycles. The summed E-state index contributed by atoms with van der Waals surface area (Å²) in [5, 5.41) is 4.42. The minimum absolute atomic E-state index is 0.183. The first-order chi connectivity index (χ1) is 9.28. The van der Waals surface area contributed by atoms with Gasteiger partial charge in [-0.25, -0.2) is 10.8 Å². The summed E-state index contributed by atoms with van der Waals surface area (Å²) in [7, 11) is 0. The Morgan fingerprint density at radius 2 is 2.16 bits per heavy atom. The van der Waals surface area contributed by atoms with E-state index in [9.17, 15) is 0 Å². The zero-order chi connectivity index (χ0) is 13.2. The lowest BCUT2D eigenvalue weighted by atomic mass is 10.1. The van der Waals surface area contributed by atoms with Crippen LogP contribution in [0, 0.1) is 0 Å². The average molecular weight is 259 g/mol. The fourth-order valence-electron chi connectivity index (χ4n) is 2.35. The predicted molar refractivity (Wildman–Crippen MR) is 74.8 cm³/mol. The lowest BCUT2D eigenvalue weighted by molar-refractivity contribution is 0.121. The SMILES string of the molecule is CC1OCCC1Nc1nc(NN)nc2ccccc12. The van der Waals surface area contributed by atoms with Crippen molar-refractivity contribution in [3.63, 3.8) is 0 Å².